The highest BCUT2D eigenvalue weighted by Gasteiger charge is 2.35. The SMILES string of the molecule is CC(C)(C)OC(=O)NCC1CCC(S(=O)(=O)c2cccc(C(F)(F)F)c2)CC1. The maximum atomic E-state index is 12.9. The van der Waals surface area contributed by atoms with E-state index in [-0.39, 0.29) is 10.8 Å². The van der Waals surface area contributed by atoms with Gasteiger partial charge in [-0.05, 0) is 70.6 Å². The molecule has 0 bridgehead atoms. The lowest BCUT2D eigenvalue weighted by Crippen LogP contribution is -2.37. The number of hydrogen-bond donors (Lipinski definition) is 1. The van der Waals surface area contributed by atoms with Crippen LogP contribution < -0.4 is 5.32 Å². The Balaban J connectivity index is 1.94. The molecule has 1 N–H and O–H groups in total. The average Bonchev–Trinajstić information content (AvgIpc) is 2.58. The minimum Gasteiger partial charge on any atom is -0.444 e. The summed E-state index contributed by atoms with van der Waals surface area (Å²) in [4.78, 5) is 11.4. The van der Waals surface area contributed by atoms with E-state index in [1.54, 1.807) is 20.8 Å². The van der Waals surface area contributed by atoms with Crippen LogP contribution in [-0.2, 0) is 20.8 Å². The number of alkyl halides is 3. The smallest absolute Gasteiger partial charge is 0.416 e. The van der Waals surface area contributed by atoms with E-state index in [0.717, 1.165) is 12.1 Å². The summed E-state index contributed by atoms with van der Waals surface area (Å²) < 4.78 is 69.2. The first-order valence-corrected chi connectivity index (χ1v) is 10.7. The second-order valence-corrected chi connectivity index (χ2v) is 10.3. The molecule has 1 aromatic rings. The number of nitrogens with one attached hydrogen (secondary N) is 1. The van der Waals surface area contributed by atoms with Crippen molar-refractivity contribution < 1.29 is 31.1 Å². The fraction of sp³-hybridized carbons (Fsp3) is 0.632. The van der Waals surface area contributed by atoms with Crippen LogP contribution in [0.15, 0.2) is 29.2 Å². The van der Waals surface area contributed by atoms with E-state index in [0.29, 0.717) is 38.3 Å². The molecule has 158 valence electrons. The quantitative estimate of drug-likeness (QED) is 0.773. The summed E-state index contributed by atoms with van der Waals surface area (Å²) in [5, 5.41) is 1.97. The molecule has 1 aromatic carbocycles. The van der Waals surface area contributed by atoms with Crippen molar-refractivity contribution >= 4 is 15.9 Å². The lowest BCUT2D eigenvalue weighted by molar-refractivity contribution is -0.137. The van der Waals surface area contributed by atoms with Crippen LogP contribution in [0.4, 0.5) is 18.0 Å². The van der Waals surface area contributed by atoms with E-state index in [1.807, 2.05) is 0 Å². The van der Waals surface area contributed by atoms with Crippen LogP contribution >= 0.6 is 0 Å². The van der Waals surface area contributed by atoms with Gasteiger partial charge in [0.25, 0.3) is 0 Å². The normalized spacial score (nSPS) is 21.2. The highest BCUT2D eigenvalue weighted by Crippen LogP contribution is 2.34. The predicted octanol–water partition coefficient (Wildman–Crippen LogP) is 4.56. The van der Waals surface area contributed by atoms with Gasteiger partial charge in [0.05, 0.1) is 15.7 Å². The molecular formula is C19H26F3NO4S. The van der Waals surface area contributed by atoms with Crippen molar-refractivity contribution in [1.29, 1.82) is 0 Å². The zero-order chi connectivity index (χ0) is 21.2. The molecule has 1 amide bonds. The Kier molecular flexibility index (Phi) is 6.68. The van der Waals surface area contributed by atoms with E-state index in [1.165, 1.54) is 6.07 Å². The number of amides is 1. The summed E-state index contributed by atoms with van der Waals surface area (Å²) in [7, 11) is -3.84. The highest BCUT2D eigenvalue weighted by molar-refractivity contribution is 7.92. The van der Waals surface area contributed by atoms with Crippen LogP contribution in [0.2, 0.25) is 0 Å². The number of hydrogen-bond acceptors (Lipinski definition) is 4. The lowest BCUT2D eigenvalue weighted by atomic mass is 9.89. The number of benzene rings is 1. The lowest BCUT2D eigenvalue weighted by Gasteiger charge is -2.29. The summed E-state index contributed by atoms with van der Waals surface area (Å²) in [6, 6.07) is 3.89. The van der Waals surface area contributed by atoms with Crippen LogP contribution in [-0.4, -0.2) is 31.9 Å². The Labute approximate surface area is 163 Å². The number of sulfone groups is 1. The zero-order valence-electron chi connectivity index (χ0n) is 16.2. The van der Waals surface area contributed by atoms with Gasteiger partial charge in [-0.15, -0.1) is 0 Å². The number of alkyl carbamates (subject to hydrolysis) is 1. The van der Waals surface area contributed by atoms with Crippen LogP contribution in [0.3, 0.4) is 0 Å². The summed E-state index contributed by atoms with van der Waals surface area (Å²) in [6.45, 7) is 5.66. The molecule has 0 aliphatic heterocycles. The third kappa shape index (κ3) is 6.12. The van der Waals surface area contributed by atoms with Crippen molar-refractivity contribution in [1.82, 2.24) is 5.32 Å². The fourth-order valence-corrected chi connectivity index (χ4v) is 5.07. The van der Waals surface area contributed by atoms with Gasteiger partial charge in [-0.3, -0.25) is 0 Å². The van der Waals surface area contributed by atoms with Crippen molar-refractivity contribution in [2.75, 3.05) is 6.54 Å². The van der Waals surface area contributed by atoms with E-state index in [4.69, 9.17) is 4.74 Å². The Hall–Kier alpha value is -1.77. The number of carbonyl (C=O) groups is 1. The molecule has 0 spiro atoms. The molecule has 0 unspecified atom stereocenters. The molecule has 28 heavy (non-hydrogen) atoms. The Morgan fingerprint density at radius 2 is 1.75 bits per heavy atom. The fourth-order valence-electron chi connectivity index (χ4n) is 3.23. The van der Waals surface area contributed by atoms with Crippen LogP contribution in [0.1, 0.15) is 52.0 Å². The molecule has 0 atom stereocenters. The second kappa shape index (κ2) is 8.31. The van der Waals surface area contributed by atoms with E-state index >= 15 is 0 Å². The molecular weight excluding hydrogens is 395 g/mol. The minimum atomic E-state index is -4.59. The van der Waals surface area contributed by atoms with Gasteiger partial charge in [0.15, 0.2) is 9.84 Å². The van der Waals surface area contributed by atoms with Gasteiger partial charge >= 0.3 is 12.3 Å². The van der Waals surface area contributed by atoms with E-state index in [9.17, 15) is 26.4 Å². The zero-order valence-corrected chi connectivity index (χ0v) is 17.0. The highest BCUT2D eigenvalue weighted by atomic mass is 32.2. The third-order valence-corrected chi connectivity index (χ3v) is 6.92. The average molecular weight is 421 g/mol. The van der Waals surface area contributed by atoms with Gasteiger partial charge in [0.1, 0.15) is 5.60 Å². The Morgan fingerprint density at radius 1 is 1.14 bits per heavy atom. The molecule has 1 fully saturated rings. The number of halogens is 3. The third-order valence-electron chi connectivity index (χ3n) is 4.66. The van der Waals surface area contributed by atoms with Crippen LogP contribution in [0.25, 0.3) is 0 Å². The van der Waals surface area contributed by atoms with E-state index < -0.39 is 38.5 Å². The van der Waals surface area contributed by atoms with Gasteiger partial charge in [-0.2, -0.15) is 13.2 Å². The maximum Gasteiger partial charge on any atom is 0.416 e. The monoisotopic (exact) mass is 421 g/mol. The van der Waals surface area contributed by atoms with Gasteiger partial charge in [-0.25, -0.2) is 13.2 Å². The molecule has 2 rings (SSSR count). The van der Waals surface area contributed by atoms with Crippen LogP contribution in [0.5, 0.6) is 0 Å². The topological polar surface area (TPSA) is 72.5 Å². The standard InChI is InChI=1S/C19H26F3NO4S/c1-18(2,3)27-17(24)23-12-13-7-9-15(10-8-13)28(25,26)16-6-4-5-14(11-16)19(20,21)22/h4-6,11,13,15H,7-10,12H2,1-3H3,(H,23,24). The van der Waals surface area contributed by atoms with Gasteiger partial charge in [0.2, 0.25) is 0 Å². The van der Waals surface area contributed by atoms with Crippen molar-refractivity contribution in [3.05, 3.63) is 29.8 Å². The molecule has 1 aliphatic rings. The van der Waals surface area contributed by atoms with Crippen LogP contribution in [0, 0.1) is 5.92 Å². The van der Waals surface area contributed by atoms with Gasteiger partial charge in [-0.1, -0.05) is 6.07 Å². The molecule has 1 aliphatic carbocycles. The molecule has 5 nitrogen and oxygen atoms in total. The first kappa shape index (κ1) is 22.5. The van der Waals surface area contributed by atoms with Crippen molar-refractivity contribution in [2.45, 2.75) is 68.4 Å². The maximum absolute atomic E-state index is 12.9. The first-order chi connectivity index (χ1) is 12.8. The minimum absolute atomic E-state index is 0.112. The molecule has 0 aromatic heterocycles. The Morgan fingerprint density at radius 3 is 2.29 bits per heavy atom. The molecule has 0 radical (unpaired) electrons. The second-order valence-electron chi connectivity index (χ2n) is 8.10. The summed E-state index contributed by atoms with van der Waals surface area (Å²) >= 11 is 0. The largest absolute Gasteiger partial charge is 0.444 e. The van der Waals surface area contributed by atoms with E-state index in [2.05, 4.69) is 5.32 Å². The molecule has 0 heterocycles. The first-order valence-electron chi connectivity index (χ1n) is 9.17. The number of rotatable bonds is 4. The summed E-state index contributed by atoms with van der Waals surface area (Å²) in [6.07, 6.45) is -3.28. The molecule has 9 heteroatoms. The summed E-state index contributed by atoms with van der Waals surface area (Å²) in [5.74, 6) is 0.112. The van der Waals surface area contributed by atoms with Gasteiger partial charge < -0.3 is 10.1 Å². The summed E-state index contributed by atoms with van der Waals surface area (Å²) in [5.41, 5.74) is -1.57. The Bertz CT molecular complexity index is 792. The number of ether oxygens (including phenoxy) is 1. The van der Waals surface area contributed by atoms with Crippen molar-refractivity contribution in [2.24, 2.45) is 5.92 Å². The predicted molar refractivity (Wildman–Crippen MR) is 98.6 cm³/mol. The number of carbonyl (C=O) groups excluding carboxylic acids is 1. The van der Waals surface area contributed by atoms with Crippen molar-refractivity contribution in [3.63, 3.8) is 0 Å². The molecule has 0 saturated heterocycles. The van der Waals surface area contributed by atoms with Crippen molar-refractivity contribution in [3.8, 4) is 0 Å². The van der Waals surface area contributed by atoms with Gasteiger partial charge in [0, 0.05) is 6.54 Å². The molecule has 1 saturated carbocycles.